The highest BCUT2D eigenvalue weighted by molar-refractivity contribution is 5.36. The van der Waals surface area contributed by atoms with Crippen LogP contribution in [-0.4, -0.2) is 5.11 Å². The van der Waals surface area contributed by atoms with Crippen molar-refractivity contribution in [1.82, 2.24) is 0 Å². The summed E-state index contributed by atoms with van der Waals surface area (Å²) >= 11 is 0. The van der Waals surface area contributed by atoms with Gasteiger partial charge in [-0.15, -0.1) is 0 Å². The molecule has 106 valence electrons. The normalized spacial score (nSPS) is 27.3. The van der Waals surface area contributed by atoms with Crippen molar-refractivity contribution in [3.8, 4) is 0 Å². The van der Waals surface area contributed by atoms with Gasteiger partial charge in [-0.2, -0.15) is 13.2 Å². The molecule has 1 unspecified atom stereocenters. The Morgan fingerprint density at radius 3 is 2.21 bits per heavy atom. The standard InChI is InChI=1S/C15H19F3O/c1-13(2)9-5-6-10-14(13,19)11-7-3-4-8-12(11)15(16,17)18/h3-4,7-8,19H,5-6,9-10H2,1-2H3. The second kappa shape index (κ2) is 4.51. The molecular formula is C15H19F3O. The first kappa shape index (κ1) is 14.4. The second-order valence-electron chi connectivity index (χ2n) is 5.99. The summed E-state index contributed by atoms with van der Waals surface area (Å²) in [5.74, 6) is 0. The Morgan fingerprint density at radius 2 is 1.63 bits per heavy atom. The summed E-state index contributed by atoms with van der Waals surface area (Å²) in [6, 6.07) is 5.40. The van der Waals surface area contributed by atoms with Gasteiger partial charge in [0.05, 0.1) is 11.2 Å². The molecule has 0 aliphatic heterocycles. The lowest BCUT2D eigenvalue weighted by Crippen LogP contribution is -2.45. The second-order valence-corrected chi connectivity index (χ2v) is 5.99. The summed E-state index contributed by atoms with van der Waals surface area (Å²) in [7, 11) is 0. The van der Waals surface area contributed by atoms with E-state index < -0.39 is 22.8 Å². The number of hydrogen-bond donors (Lipinski definition) is 1. The van der Waals surface area contributed by atoms with Gasteiger partial charge in [-0.25, -0.2) is 0 Å². The van der Waals surface area contributed by atoms with Crippen LogP contribution < -0.4 is 0 Å². The minimum atomic E-state index is -4.43. The zero-order valence-corrected chi connectivity index (χ0v) is 11.2. The number of rotatable bonds is 1. The lowest BCUT2D eigenvalue weighted by Gasteiger charge is -2.47. The Morgan fingerprint density at radius 1 is 1.05 bits per heavy atom. The molecule has 4 heteroatoms. The van der Waals surface area contributed by atoms with Gasteiger partial charge in [0.25, 0.3) is 0 Å². The molecule has 1 aromatic rings. The summed E-state index contributed by atoms with van der Waals surface area (Å²) < 4.78 is 39.3. The molecule has 0 radical (unpaired) electrons. The van der Waals surface area contributed by atoms with E-state index in [-0.39, 0.29) is 5.56 Å². The highest BCUT2D eigenvalue weighted by Crippen LogP contribution is 2.52. The molecule has 0 spiro atoms. The minimum Gasteiger partial charge on any atom is -0.385 e. The van der Waals surface area contributed by atoms with E-state index in [1.165, 1.54) is 12.1 Å². The van der Waals surface area contributed by atoms with Gasteiger partial charge in [-0.1, -0.05) is 44.9 Å². The van der Waals surface area contributed by atoms with Crippen molar-refractivity contribution in [2.24, 2.45) is 5.41 Å². The maximum absolute atomic E-state index is 13.1. The molecular weight excluding hydrogens is 253 g/mol. The molecule has 19 heavy (non-hydrogen) atoms. The van der Waals surface area contributed by atoms with Gasteiger partial charge in [-0.3, -0.25) is 0 Å². The molecule has 1 N–H and O–H groups in total. The van der Waals surface area contributed by atoms with Crippen molar-refractivity contribution in [3.05, 3.63) is 35.4 Å². The number of aliphatic hydroxyl groups is 1. The van der Waals surface area contributed by atoms with Crippen LogP contribution in [0.1, 0.15) is 50.7 Å². The van der Waals surface area contributed by atoms with Gasteiger partial charge < -0.3 is 5.11 Å². The van der Waals surface area contributed by atoms with Crippen LogP contribution in [0.3, 0.4) is 0 Å². The molecule has 1 aromatic carbocycles. The average Bonchev–Trinajstić information content (AvgIpc) is 2.32. The van der Waals surface area contributed by atoms with Crippen molar-refractivity contribution in [3.63, 3.8) is 0 Å². The van der Waals surface area contributed by atoms with Crippen LogP contribution in [0.4, 0.5) is 13.2 Å². The van der Waals surface area contributed by atoms with E-state index in [4.69, 9.17) is 0 Å². The first-order valence-electron chi connectivity index (χ1n) is 6.58. The zero-order chi connectivity index (χ0) is 14.3. The molecule has 2 rings (SSSR count). The van der Waals surface area contributed by atoms with Crippen molar-refractivity contribution in [1.29, 1.82) is 0 Å². The smallest absolute Gasteiger partial charge is 0.385 e. The Kier molecular flexibility index (Phi) is 3.42. The van der Waals surface area contributed by atoms with Gasteiger partial charge in [0.2, 0.25) is 0 Å². The fourth-order valence-corrected chi connectivity index (χ4v) is 3.08. The largest absolute Gasteiger partial charge is 0.416 e. The SMILES string of the molecule is CC1(C)CCCCC1(O)c1ccccc1C(F)(F)F. The van der Waals surface area contributed by atoms with Crippen molar-refractivity contribution >= 4 is 0 Å². The van der Waals surface area contributed by atoms with E-state index in [1.807, 2.05) is 13.8 Å². The third kappa shape index (κ3) is 2.38. The molecule has 0 heterocycles. The molecule has 1 saturated carbocycles. The third-order valence-corrected chi connectivity index (χ3v) is 4.39. The molecule has 0 saturated heterocycles. The summed E-state index contributed by atoms with van der Waals surface area (Å²) in [5, 5.41) is 10.9. The average molecular weight is 272 g/mol. The minimum absolute atomic E-state index is 0.0206. The van der Waals surface area contributed by atoms with E-state index in [9.17, 15) is 18.3 Å². The number of benzene rings is 1. The Hall–Kier alpha value is -1.03. The van der Waals surface area contributed by atoms with E-state index in [0.717, 1.165) is 25.3 Å². The van der Waals surface area contributed by atoms with Crippen LogP contribution in [0.2, 0.25) is 0 Å². The lowest BCUT2D eigenvalue weighted by molar-refractivity contribution is -0.148. The molecule has 1 aliphatic carbocycles. The van der Waals surface area contributed by atoms with Gasteiger partial charge in [-0.05, 0) is 29.9 Å². The quantitative estimate of drug-likeness (QED) is 0.798. The third-order valence-electron chi connectivity index (χ3n) is 4.39. The molecule has 0 bridgehead atoms. The molecule has 1 nitrogen and oxygen atoms in total. The fraction of sp³-hybridized carbons (Fsp3) is 0.600. The van der Waals surface area contributed by atoms with E-state index in [0.29, 0.717) is 6.42 Å². The first-order valence-corrected chi connectivity index (χ1v) is 6.58. The van der Waals surface area contributed by atoms with Gasteiger partial charge in [0.15, 0.2) is 0 Å². The van der Waals surface area contributed by atoms with E-state index in [2.05, 4.69) is 0 Å². The fourth-order valence-electron chi connectivity index (χ4n) is 3.08. The number of hydrogen-bond acceptors (Lipinski definition) is 1. The topological polar surface area (TPSA) is 20.2 Å². The van der Waals surface area contributed by atoms with Crippen LogP contribution in [0.15, 0.2) is 24.3 Å². The highest BCUT2D eigenvalue weighted by atomic mass is 19.4. The van der Waals surface area contributed by atoms with E-state index >= 15 is 0 Å². The summed E-state index contributed by atoms with van der Waals surface area (Å²) in [4.78, 5) is 0. The summed E-state index contributed by atoms with van der Waals surface area (Å²) in [6.45, 7) is 3.69. The molecule has 1 fully saturated rings. The van der Waals surface area contributed by atoms with E-state index in [1.54, 1.807) is 6.07 Å². The Bertz CT molecular complexity index is 465. The zero-order valence-electron chi connectivity index (χ0n) is 11.2. The van der Waals surface area contributed by atoms with Crippen LogP contribution in [0.25, 0.3) is 0 Å². The predicted octanol–water partition coefficient (Wildman–Crippen LogP) is 4.49. The van der Waals surface area contributed by atoms with Gasteiger partial charge >= 0.3 is 6.18 Å². The van der Waals surface area contributed by atoms with Crippen molar-refractivity contribution in [2.45, 2.75) is 51.3 Å². The van der Waals surface area contributed by atoms with Crippen LogP contribution in [0, 0.1) is 5.41 Å². The molecule has 0 aromatic heterocycles. The molecule has 1 atom stereocenters. The maximum atomic E-state index is 13.1. The van der Waals surface area contributed by atoms with Crippen LogP contribution >= 0.6 is 0 Å². The van der Waals surface area contributed by atoms with Crippen molar-refractivity contribution in [2.75, 3.05) is 0 Å². The monoisotopic (exact) mass is 272 g/mol. The first-order chi connectivity index (χ1) is 8.68. The highest BCUT2D eigenvalue weighted by Gasteiger charge is 2.50. The van der Waals surface area contributed by atoms with Gasteiger partial charge in [0.1, 0.15) is 0 Å². The van der Waals surface area contributed by atoms with Crippen molar-refractivity contribution < 1.29 is 18.3 Å². The van der Waals surface area contributed by atoms with Crippen LogP contribution in [-0.2, 0) is 11.8 Å². The number of halogens is 3. The molecule has 1 aliphatic rings. The maximum Gasteiger partial charge on any atom is 0.416 e. The number of alkyl halides is 3. The van der Waals surface area contributed by atoms with Gasteiger partial charge in [0, 0.05) is 0 Å². The predicted molar refractivity (Wildman–Crippen MR) is 67.6 cm³/mol. The lowest BCUT2D eigenvalue weighted by atomic mass is 9.62. The molecule has 0 amide bonds. The summed E-state index contributed by atoms with van der Waals surface area (Å²) in [5.41, 5.74) is -2.65. The summed E-state index contributed by atoms with van der Waals surface area (Å²) in [6.07, 6.45) is -1.61. The van der Waals surface area contributed by atoms with Crippen LogP contribution in [0.5, 0.6) is 0 Å². The Labute approximate surface area is 111 Å². The Balaban J connectivity index is 2.57.